The molecule has 0 saturated carbocycles. The van der Waals surface area contributed by atoms with E-state index in [9.17, 15) is 0 Å². The normalized spacial score (nSPS) is 11.7. The average Bonchev–Trinajstić information content (AvgIpc) is 3.88. The zero-order valence-corrected chi connectivity index (χ0v) is 32.8. The van der Waals surface area contributed by atoms with E-state index in [1.54, 1.807) is 0 Å². The van der Waals surface area contributed by atoms with Crippen LogP contribution in [0.3, 0.4) is 0 Å². The predicted octanol–water partition coefficient (Wildman–Crippen LogP) is 16.7. The lowest BCUT2D eigenvalue weighted by Crippen LogP contribution is -2.10. The van der Waals surface area contributed by atoms with Crippen molar-refractivity contribution in [2.24, 2.45) is 0 Å². The molecule has 0 radical (unpaired) electrons. The third-order valence-corrected chi connectivity index (χ3v) is 13.0. The van der Waals surface area contributed by atoms with Crippen molar-refractivity contribution in [1.82, 2.24) is 0 Å². The largest absolute Gasteiger partial charge is 0.456 e. The van der Waals surface area contributed by atoms with Crippen molar-refractivity contribution in [3.8, 4) is 33.4 Å². The van der Waals surface area contributed by atoms with Gasteiger partial charge in [-0.25, -0.2) is 0 Å². The molecular formula is C56H35NOS. The lowest BCUT2D eigenvalue weighted by Gasteiger charge is -2.27. The zero-order chi connectivity index (χ0) is 38.9. The van der Waals surface area contributed by atoms with E-state index in [-0.39, 0.29) is 0 Å². The molecule has 0 N–H and O–H groups in total. The van der Waals surface area contributed by atoms with Gasteiger partial charge in [-0.15, -0.1) is 11.3 Å². The number of para-hydroxylation sites is 1. The van der Waals surface area contributed by atoms with Crippen molar-refractivity contribution < 1.29 is 4.42 Å². The van der Waals surface area contributed by atoms with Crippen molar-refractivity contribution in [2.45, 2.75) is 0 Å². The van der Waals surface area contributed by atoms with Gasteiger partial charge in [0, 0.05) is 37.6 Å². The highest BCUT2D eigenvalue weighted by atomic mass is 32.1. The Hall–Kier alpha value is -7.46. The molecule has 12 rings (SSSR count). The van der Waals surface area contributed by atoms with Crippen LogP contribution in [0.25, 0.3) is 97.0 Å². The van der Waals surface area contributed by atoms with Gasteiger partial charge in [0.25, 0.3) is 0 Å². The van der Waals surface area contributed by atoms with Gasteiger partial charge in [-0.05, 0) is 122 Å². The van der Waals surface area contributed by atoms with E-state index in [0.717, 1.165) is 55.7 Å². The highest BCUT2D eigenvalue weighted by Gasteiger charge is 2.21. The molecule has 0 spiro atoms. The smallest absolute Gasteiger partial charge is 0.135 e. The highest BCUT2D eigenvalue weighted by molar-refractivity contribution is 7.26. The molecule has 0 fully saturated rings. The second-order valence-electron chi connectivity index (χ2n) is 15.3. The maximum Gasteiger partial charge on any atom is 0.135 e. The van der Waals surface area contributed by atoms with Crippen LogP contribution in [0, 0.1) is 0 Å². The lowest BCUT2D eigenvalue weighted by molar-refractivity contribution is 0.669. The number of rotatable bonds is 6. The van der Waals surface area contributed by atoms with E-state index in [1.807, 2.05) is 23.5 Å². The number of benzene rings is 10. The molecule has 12 aromatic rings. The van der Waals surface area contributed by atoms with Crippen LogP contribution in [0.2, 0.25) is 0 Å². The van der Waals surface area contributed by atoms with Crippen LogP contribution in [0.15, 0.2) is 217 Å². The van der Waals surface area contributed by atoms with Crippen LogP contribution in [-0.2, 0) is 0 Å². The molecule has 0 bridgehead atoms. The van der Waals surface area contributed by atoms with Gasteiger partial charge in [-0.1, -0.05) is 146 Å². The Morgan fingerprint density at radius 3 is 1.83 bits per heavy atom. The molecule has 0 aliphatic heterocycles. The van der Waals surface area contributed by atoms with E-state index in [4.69, 9.17) is 4.42 Å². The highest BCUT2D eigenvalue weighted by Crippen LogP contribution is 2.47. The van der Waals surface area contributed by atoms with Crippen LogP contribution in [0.4, 0.5) is 17.1 Å². The van der Waals surface area contributed by atoms with Gasteiger partial charge in [0.2, 0.25) is 0 Å². The Balaban J connectivity index is 1.09. The lowest BCUT2D eigenvalue weighted by atomic mass is 9.93. The molecule has 3 heteroatoms. The van der Waals surface area contributed by atoms with Crippen molar-refractivity contribution in [3.05, 3.63) is 212 Å². The first-order valence-electron chi connectivity index (χ1n) is 20.1. The first kappa shape index (κ1) is 33.7. The van der Waals surface area contributed by atoms with Crippen LogP contribution >= 0.6 is 11.3 Å². The Bertz CT molecular complexity index is 3560. The molecular weight excluding hydrogens is 735 g/mol. The molecule has 2 aromatic heterocycles. The summed E-state index contributed by atoms with van der Waals surface area (Å²) in [5.74, 6) is 0. The molecule has 276 valence electrons. The zero-order valence-electron chi connectivity index (χ0n) is 32.0. The van der Waals surface area contributed by atoms with Crippen LogP contribution in [0.5, 0.6) is 0 Å². The first-order chi connectivity index (χ1) is 29.2. The van der Waals surface area contributed by atoms with Crippen molar-refractivity contribution in [2.75, 3.05) is 4.90 Å². The Morgan fingerprint density at radius 2 is 0.983 bits per heavy atom. The summed E-state index contributed by atoms with van der Waals surface area (Å²) < 4.78 is 8.80. The summed E-state index contributed by atoms with van der Waals surface area (Å²) in [5.41, 5.74) is 12.2. The molecule has 0 atom stereocenters. The molecule has 0 unspecified atom stereocenters. The molecule has 2 nitrogen and oxygen atoms in total. The third-order valence-electron chi connectivity index (χ3n) is 11.8. The number of thiophene rings is 1. The summed E-state index contributed by atoms with van der Waals surface area (Å²) in [5, 5.41) is 9.85. The van der Waals surface area contributed by atoms with Gasteiger partial charge >= 0.3 is 0 Å². The molecule has 0 saturated heterocycles. The van der Waals surface area contributed by atoms with Crippen LogP contribution in [0.1, 0.15) is 0 Å². The molecule has 0 amide bonds. The Kier molecular flexibility index (Phi) is 7.75. The molecule has 0 aliphatic carbocycles. The third kappa shape index (κ3) is 5.62. The fourth-order valence-electron chi connectivity index (χ4n) is 9.03. The van der Waals surface area contributed by atoms with Crippen molar-refractivity contribution in [1.29, 1.82) is 0 Å². The maximum atomic E-state index is 6.26. The SMILES string of the molecule is c1ccc(-c2cc(-c3ccc4oc5ccccc5c4c3)cc(N(c3ccc(-c4cc5ccccc5c5ccccc45)cc3)c3cccc4c3sc3ccccc34)c2)cc1. The minimum absolute atomic E-state index is 0.895. The fourth-order valence-corrected chi connectivity index (χ4v) is 10.2. The summed E-state index contributed by atoms with van der Waals surface area (Å²) in [7, 11) is 0. The number of anilines is 3. The second-order valence-corrected chi connectivity index (χ2v) is 16.3. The first-order valence-corrected chi connectivity index (χ1v) is 20.9. The van der Waals surface area contributed by atoms with E-state index in [2.05, 4.69) is 205 Å². The van der Waals surface area contributed by atoms with Crippen LogP contribution < -0.4 is 4.90 Å². The Labute approximate surface area is 345 Å². The molecule has 0 aliphatic rings. The summed E-state index contributed by atoms with van der Waals surface area (Å²) in [4.78, 5) is 2.46. The number of furan rings is 1. The van der Waals surface area contributed by atoms with E-state index >= 15 is 0 Å². The van der Waals surface area contributed by atoms with Gasteiger partial charge in [0.15, 0.2) is 0 Å². The van der Waals surface area contributed by atoms with Crippen molar-refractivity contribution in [3.63, 3.8) is 0 Å². The summed E-state index contributed by atoms with van der Waals surface area (Å²) in [6.45, 7) is 0. The van der Waals surface area contributed by atoms with E-state index in [0.29, 0.717) is 0 Å². The quantitative estimate of drug-likeness (QED) is 0.157. The minimum atomic E-state index is 0.895. The second kappa shape index (κ2) is 13.6. The Morgan fingerprint density at radius 1 is 0.339 bits per heavy atom. The molecule has 2 heterocycles. The van der Waals surface area contributed by atoms with Crippen LogP contribution in [-0.4, -0.2) is 0 Å². The summed E-state index contributed by atoms with van der Waals surface area (Å²) in [6, 6.07) is 77.2. The topological polar surface area (TPSA) is 16.4 Å². The summed E-state index contributed by atoms with van der Waals surface area (Å²) in [6.07, 6.45) is 0. The van der Waals surface area contributed by atoms with Gasteiger partial charge in [0.1, 0.15) is 11.2 Å². The van der Waals surface area contributed by atoms with Crippen molar-refractivity contribution >= 4 is 92.1 Å². The molecule has 10 aromatic carbocycles. The van der Waals surface area contributed by atoms with Gasteiger partial charge < -0.3 is 9.32 Å². The standard InChI is InChI=1S/C56H35NOS/c1-2-13-36(14-3-1)40-31-41(38-27-30-54-51(34-38)47-19-8-10-23-53(47)58-54)33-43(32-40)57(52-22-12-21-49-48-20-9-11-24-55(48)59-56(49)52)42-28-25-37(26-29-42)50-35-39-15-4-5-16-44(39)45-17-6-7-18-46(45)50/h1-35H. The van der Waals surface area contributed by atoms with Gasteiger partial charge in [-0.3, -0.25) is 0 Å². The number of fused-ring (bicyclic) bond motifs is 9. The number of hydrogen-bond acceptors (Lipinski definition) is 3. The van der Waals surface area contributed by atoms with Gasteiger partial charge in [0.05, 0.1) is 10.4 Å². The average molecular weight is 770 g/mol. The van der Waals surface area contributed by atoms with Gasteiger partial charge in [-0.2, -0.15) is 0 Å². The number of hydrogen-bond donors (Lipinski definition) is 0. The summed E-state index contributed by atoms with van der Waals surface area (Å²) >= 11 is 1.86. The monoisotopic (exact) mass is 769 g/mol. The number of nitrogens with zero attached hydrogens (tertiary/aromatic N) is 1. The van der Waals surface area contributed by atoms with E-state index < -0.39 is 0 Å². The molecule has 59 heavy (non-hydrogen) atoms. The maximum absolute atomic E-state index is 6.26. The fraction of sp³-hybridized carbons (Fsp3) is 0. The predicted molar refractivity (Wildman–Crippen MR) is 253 cm³/mol. The minimum Gasteiger partial charge on any atom is -0.456 e. The van der Waals surface area contributed by atoms with E-state index in [1.165, 1.54) is 58.4 Å².